The lowest BCUT2D eigenvalue weighted by molar-refractivity contribution is -0.122. The Kier molecular flexibility index (Phi) is 5.20. The molecule has 2 aromatic carbocycles. The summed E-state index contributed by atoms with van der Waals surface area (Å²) < 4.78 is 13.1. The topological polar surface area (TPSA) is 53.2 Å². The maximum Gasteiger partial charge on any atom is 0.242 e. The zero-order valence-corrected chi connectivity index (χ0v) is 15.0. The Bertz CT molecular complexity index is 812. The third-order valence-electron chi connectivity index (χ3n) is 4.11. The average molecular weight is 378 g/mol. The van der Waals surface area contributed by atoms with Gasteiger partial charge < -0.3 is 5.32 Å². The Morgan fingerprint density at radius 3 is 2.60 bits per heavy atom. The summed E-state index contributed by atoms with van der Waals surface area (Å²) in [4.78, 5) is 12.2. The molecule has 0 bridgehead atoms. The fraction of sp³-hybridized carbons (Fsp3) is 0.222. The zero-order chi connectivity index (χ0) is 18.0. The van der Waals surface area contributed by atoms with Crippen LogP contribution in [0.1, 0.15) is 23.5 Å². The second kappa shape index (κ2) is 7.37. The van der Waals surface area contributed by atoms with Crippen molar-refractivity contribution in [2.45, 2.75) is 19.3 Å². The van der Waals surface area contributed by atoms with Crippen LogP contribution >= 0.6 is 23.8 Å². The number of carbonyl (C=O) groups is 1. The Morgan fingerprint density at radius 2 is 1.92 bits per heavy atom. The normalized spacial score (nSPS) is 18.4. The van der Waals surface area contributed by atoms with E-state index < -0.39 is 5.82 Å². The molecule has 130 valence electrons. The first-order valence-electron chi connectivity index (χ1n) is 7.82. The molecular formula is C18H17ClFN3OS. The summed E-state index contributed by atoms with van der Waals surface area (Å²) in [6.07, 6.45) is 0.824. The molecule has 3 rings (SSSR count). The number of hydrazine groups is 1. The lowest BCUT2D eigenvalue weighted by Gasteiger charge is -2.12. The molecule has 3 N–H and O–H groups in total. The number of hydrogen-bond acceptors (Lipinski definition) is 2. The Labute approximate surface area is 155 Å². The summed E-state index contributed by atoms with van der Waals surface area (Å²) in [5, 5.41) is 3.02. The highest BCUT2D eigenvalue weighted by atomic mass is 35.5. The van der Waals surface area contributed by atoms with Gasteiger partial charge in [0.25, 0.3) is 0 Å². The highest BCUT2D eigenvalue weighted by molar-refractivity contribution is 7.80. The van der Waals surface area contributed by atoms with Crippen LogP contribution in [0.2, 0.25) is 5.02 Å². The van der Waals surface area contributed by atoms with Gasteiger partial charge in [-0.05, 0) is 55.2 Å². The summed E-state index contributed by atoms with van der Waals surface area (Å²) >= 11 is 10.8. The van der Waals surface area contributed by atoms with Gasteiger partial charge in [-0.3, -0.25) is 15.6 Å². The number of nitrogens with one attached hydrogen (secondary N) is 3. The van der Waals surface area contributed by atoms with Crippen LogP contribution in [-0.4, -0.2) is 11.0 Å². The van der Waals surface area contributed by atoms with E-state index in [0.29, 0.717) is 5.69 Å². The minimum atomic E-state index is -0.504. The molecule has 0 unspecified atom stereocenters. The fourth-order valence-corrected chi connectivity index (χ4v) is 2.96. The number of anilines is 1. The van der Waals surface area contributed by atoms with Crippen molar-refractivity contribution in [2.75, 3.05) is 5.32 Å². The molecule has 1 saturated carbocycles. The summed E-state index contributed by atoms with van der Waals surface area (Å²) in [5.41, 5.74) is 8.16. The van der Waals surface area contributed by atoms with Gasteiger partial charge in [-0.15, -0.1) is 0 Å². The lowest BCUT2D eigenvalue weighted by Crippen LogP contribution is -2.44. The third kappa shape index (κ3) is 4.46. The number of amides is 1. The van der Waals surface area contributed by atoms with Crippen molar-refractivity contribution in [3.8, 4) is 0 Å². The maximum absolute atomic E-state index is 13.1. The molecule has 7 heteroatoms. The minimum Gasteiger partial charge on any atom is -0.331 e. The van der Waals surface area contributed by atoms with Crippen LogP contribution < -0.4 is 16.2 Å². The first-order chi connectivity index (χ1) is 11.9. The van der Waals surface area contributed by atoms with Crippen molar-refractivity contribution in [2.24, 2.45) is 5.92 Å². The van der Waals surface area contributed by atoms with Gasteiger partial charge in [-0.2, -0.15) is 0 Å². The van der Waals surface area contributed by atoms with Gasteiger partial charge in [0.2, 0.25) is 5.91 Å². The van der Waals surface area contributed by atoms with E-state index in [-0.39, 0.29) is 27.9 Å². The van der Waals surface area contributed by atoms with Crippen molar-refractivity contribution in [3.05, 3.63) is 64.4 Å². The summed E-state index contributed by atoms with van der Waals surface area (Å²) in [7, 11) is 0. The first-order valence-corrected chi connectivity index (χ1v) is 8.61. The van der Waals surface area contributed by atoms with Crippen molar-refractivity contribution in [3.63, 3.8) is 0 Å². The van der Waals surface area contributed by atoms with E-state index in [0.717, 1.165) is 6.42 Å². The van der Waals surface area contributed by atoms with Crippen molar-refractivity contribution in [1.29, 1.82) is 0 Å². The van der Waals surface area contributed by atoms with Gasteiger partial charge in [0.15, 0.2) is 5.11 Å². The van der Waals surface area contributed by atoms with E-state index in [2.05, 4.69) is 28.3 Å². The highest BCUT2D eigenvalue weighted by Crippen LogP contribution is 2.47. The van der Waals surface area contributed by atoms with E-state index in [9.17, 15) is 9.18 Å². The van der Waals surface area contributed by atoms with Gasteiger partial charge in [0.05, 0.1) is 5.02 Å². The van der Waals surface area contributed by atoms with Crippen molar-refractivity contribution in [1.82, 2.24) is 10.9 Å². The molecule has 1 fully saturated rings. The molecular weight excluding hydrogens is 361 g/mol. The Morgan fingerprint density at radius 1 is 1.20 bits per heavy atom. The molecule has 2 atom stereocenters. The Balaban J connectivity index is 1.47. The largest absolute Gasteiger partial charge is 0.331 e. The first kappa shape index (κ1) is 17.6. The van der Waals surface area contributed by atoms with E-state index in [1.165, 1.54) is 29.3 Å². The predicted octanol–water partition coefficient (Wildman–Crippen LogP) is 3.91. The molecule has 0 heterocycles. The molecule has 2 aromatic rings. The molecule has 0 aliphatic heterocycles. The second-order valence-corrected chi connectivity index (χ2v) is 6.87. The van der Waals surface area contributed by atoms with Crippen LogP contribution in [0.15, 0.2) is 42.5 Å². The number of rotatable bonds is 3. The van der Waals surface area contributed by atoms with Crippen LogP contribution in [0.4, 0.5) is 10.1 Å². The van der Waals surface area contributed by atoms with E-state index in [4.69, 9.17) is 23.8 Å². The van der Waals surface area contributed by atoms with Crippen LogP contribution in [0.25, 0.3) is 0 Å². The van der Waals surface area contributed by atoms with E-state index in [1.54, 1.807) is 0 Å². The number of aryl methyl sites for hydroxylation is 1. The molecule has 0 aromatic heterocycles. The molecule has 0 spiro atoms. The number of hydrogen-bond donors (Lipinski definition) is 3. The number of carbonyl (C=O) groups excluding carboxylic acids is 1. The van der Waals surface area contributed by atoms with Crippen LogP contribution in [0, 0.1) is 18.7 Å². The van der Waals surface area contributed by atoms with E-state index >= 15 is 0 Å². The zero-order valence-electron chi connectivity index (χ0n) is 13.5. The standard InChI is InChI=1S/C18H17ClFN3OS/c1-10-2-4-11(5-3-10)13-9-14(13)17(24)22-23-18(25)21-12-6-7-16(20)15(19)8-12/h2-8,13-14H,9H2,1H3,(H,22,24)(H2,21,23,25)/t13-,14-/m0/s1. The summed E-state index contributed by atoms with van der Waals surface area (Å²) in [6.45, 7) is 2.03. The van der Waals surface area contributed by atoms with Crippen molar-refractivity contribution < 1.29 is 9.18 Å². The van der Waals surface area contributed by atoms with Crippen LogP contribution in [-0.2, 0) is 4.79 Å². The smallest absolute Gasteiger partial charge is 0.242 e. The molecule has 0 radical (unpaired) electrons. The monoisotopic (exact) mass is 377 g/mol. The quantitative estimate of drug-likeness (QED) is 0.560. The van der Waals surface area contributed by atoms with Gasteiger partial charge in [-0.25, -0.2) is 4.39 Å². The fourth-order valence-electron chi connectivity index (χ4n) is 2.61. The second-order valence-electron chi connectivity index (χ2n) is 6.06. The minimum absolute atomic E-state index is 0.00393. The van der Waals surface area contributed by atoms with Gasteiger partial charge in [0, 0.05) is 11.6 Å². The molecule has 1 amide bonds. The predicted molar refractivity (Wildman–Crippen MR) is 101 cm³/mol. The third-order valence-corrected chi connectivity index (χ3v) is 4.60. The Hall–Kier alpha value is -2.18. The molecule has 4 nitrogen and oxygen atoms in total. The maximum atomic E-state index is 13.1. The number of halogens is 2. The lowest BCUT2D eigenvalue weighted by atomic mass is 10.1. The van der Waals surface area contributed by atoms with Gasteiger partial charge >= 0.3 is 0 Å². The van der Waals surface area contributed by atoms with Crippen molar-refractivity contribution >= 4 is 40.5 Å². The van der Waals surface area contributed by atoms with E-state index in [1.807, 2.05) is 19.1 Å². The highest BCUT2D eigenvalue weighted by Gasteiger charge is 2.43. The average Bonchev–Trinajstić information content (AvgIpc) is 3.37. The number of thiocarbonyl (C=S) groups is 1. The summed E-state index contributed by atoms with van der Waals surface area (Å²) in [5.74, 6) is -0.416. The van der Waals surface area contributed by atoms with Gasteiger partial charge in [0.1, 0.15) is 5.82 Å². The van der Waals surface area contributed by atoms with Crippen LogP contribution in [0.5, 0.6) is 0 Å². The summed E-state index contributed by atoms with van der Waals surface area (Å²) in [6, 6.07) is 12.4. The molecule has 0 saturated heterocycles. The van der Waals surface area contributed by atoms with Gasteiger partial charge in [-0.1, -0.05) is 41.4 Å². The molecule has 25 heavy (non-hydrogen) atoms. The SMILES string of the molecule is Cc1ccc([C@@H]2C[C@@H]2C(=O)NNC(=S)Nc2ccc(F)c(Cl)c2)cc1. The van der Waals surface area contributed by atoms with Crippen LogP contribution in [0.3, 0.4) is 0 Å². The molecule has 1 aliphatic rings. The molecule has 1 aliphatic carbocycles. The number of benzene rings is 2.